The zero-order chi connectivity index (χ0) is 21.6. The van der Waals surface area contributed by atoms with E-state index < -0.39 is 5.60 Å². The van der Waals surface area contributed by atoms with Gasteiger partial charge in [0.25, 0.3) is 5.91 Å². The molecule has 2 aromatic carbocycles. The molecule has 0 radical (unpaired) electrons. The molecule has 0 N–H and O–H groups in total. The minimum Gasteiger partial charge on any atom is -0.489 e. The molecule has 1 aliphatic rings. The largest absolute Gasteiger partial charge is 0.489 e. The van der Waals surface area contributed by atoms with Crippen LogP contribution in [0.4, 0.5) is 4.79 Å². The molecule has 0 aliphatic carbocycles. The van der Waals surface area contributed by atoms with E-state index in [0.717, 1.165) is 17.7 Å². The van der Waals surface area contributed by atoms with Crippen LogP contribution in [0.25, 0.3) is 0 Å². The summed E-state index contributed by atoms with van der Waals surface area (Å²) in [6.07, 6.45) is 0.403. The maximum atomic E-state index is 12.9. The van der Waals surface area contributed by atoms with Crippen molar-refractivity contribution in [3.05, 3.63) is 65.7 Å². The third kappa shape index (κ3) is 6.24. The van der Waals surface area contributed by atoms with E-state index in [4.69, 9.17) is 9.47 Å². The van der Waals surface area contributed by atoms with E-state index in [1.165, 1.54) is 0 Å². The number of hydrogen-bond acceptors (Lipinski definition) is 4. The Morgan fingerprint density at radius 3 is 2.17 bits per heavy atom. The standard InChI is InChI=1S/C24H30N2O4/c1-24(2,3)30-23(28)26-15-7-14-25(16-17-26)22(27)20-10-12-21(13-11-20)29-18-19-8-5-4-6-9-19/h4-6,8-13H,7,14-18H2,1-3H3. The van der Waals surface area contributed by atoms with Crippen LogP contribution in [0.5, 0.6) is 5.75 Å². The number of amides is 2. The van der Waals surface area contributed by atoms with E-state index in [-0.39, 0.29) is 12.0 Å². The third-order valence-corrected chi connectivity index (χ3v) is 4.78. The van der Waals surface area contributed by atoms with Crippen LogP contribution in [0.15, 0.2) is 54.6 Å². The number of nitrogens with zero attached hydrogens (tertiary/aromatic N) is 2. The number of carbonyl (C=O) groups is 2. The van der Waals surface area contributed by atoms with Gasteiger partial charge in [0.2, 0.25) is 0 Å². The molecule has 0 saturated carbocycles. The Labute approximate surface area is 178 Å². The predicted octanol–water partition coefficient (Wildman–Crippen LogP) is 4.35. The van der Waals surface area contributed by atoms with Gasteiger partial charge >= 0.3 is 6.09 Å². The highest BCUT2D eigenvalue weighted by atomic mass is 16.6. The average molecular weight is 411 g/mol. The second-order valence-electron chi connectivity index (χ2n) is 8.41. The zero-order valence-corrected chi connectivity index (χ0v) is 18.0. The molecule has 6 nitrogen and oxygen atoms in total. The lowest BCUT2D eigenvalue weighted by atomic mass is 10.2. The van der Waals surface area contributed by atoms with Gasteiger partial charge in [-0.1, -0.05) is 30.3 Å². The number of carbonyl (C=O) groups excluding carboxylic acids is 2. The highest BCUT2D eigenvalue weighted by Crippen LogP contribution is 2.17. The number of benzene rings is 2. The molecular weight excluding hydrogens is 380 g/mol. The molecule has 1 fully saturated rings. The van der Waals surface area contributed by atoms with E-state index in [1.807, 2.05) is 63.2 Å². The lowest BCUT2D eigenvalue weighted by molar-refractivity contribution is 0.0255. The Morgan fingerprint density at radius 2 is 1.50 bits per heavy atom. The van der Waals surface area contributed by atoms with E-state index in [9.17, 15) is 9.59 Å². The fourth-order valence-corrected chi connectivity index (χ4v) is 3.25. The number of rotatable bonds is 4. The summed E-state index contributed by atoms with van der Waals surface area (Å²) >= 11 is 0. The molecule has 1 heterocycles. The summed E-state index contributed by atoms with van der Waals surface area (Å²) < 4.78 is 11.2. The molecule has 0 atom stereocenters. The second-order valence-corrected chi connectivity index (χ2v) is 8.41. The van der Waals surface area contributed by atoms with Crippen molar-refractivity contribution in [2.24, 2.45) is 0 Å². The SMILES string of the molecule is CC(C)(C)OC(=O)N1CCCN(C(=O)c2ccc(OCc3ccccc3)cc2)CC1. The van der Waals surface area contributed by atoms with Crippen LogP contribution in [0, 0.1) is 0 Å². The molecule has 1 aliphatic heterocycles. The quantitative estimate of drug-likeness (QED) is 0.752. The van der Waals surface area contributed by atoms with E-state index in [0.29, 0.717) is 38.3 Å². The van der Waals surface area contributed by atoms with Gasteiger partial charge in [0.05, 0.1) is 0 Å². The number of ether oxygens (including phenoxy) is 2. The van der Waals surface area contributed by atoms with E-state index >= 15 is 0 Å². The monoisotopic (exact) mass is 410 g/mol. The van der Waals surface area contributed by atoms with Gasteiger partial charge < -0.3 is 19.3 Å². The molecule has 2 aromatic rings. The first-order valence-corrected chi connectivity index (χ1v) is 10.4. The minimum atomic E-state index is -0.525. The average Bonchev–Trinajstić information content (AvgIpc) is 2.98. The predicted molar refractivity (Wildman–Crippen MR) is 116 cm³/mol. The van der Waals surface area contributed by atoms with Crippen molar-refractivity contribution in [2.45, 2.75) is 39.4 Å². The van der Waals surface area contributed by atoms with Crippen LogP contribution >= 0.6 is 0 Å². The summed E-state index contributed by atoms with van der Waals surface area (Å²) in [6, 6.07) is 17.2. The van der Waals surface area contributed by atoms with Crippen LogP contribution in [0.1, 0.15) is 43.1 Å². The highest BCUT2D eigenvalue weighted by molar-refractivity contribution is 5.94. The fourth-order valence-electron chi connectivity index (χ4n) is 3.25. The first-order chi connectivity index (χ1) is 14.3. The Kier molecular flexibility index (Phi) is 6.98. The van der Waals surface area contributed by atoms with E-state index in [2.05, 4.69) is 0 Å². The minimum absolute atomic E-state index is 0.0318. The molecule has 0 spiro atoms. The number of hydrogen-bond donors (Lipinski definition) is 0. The normalized spacial score (nSPS) is 14.8. The summed E-state index contributed by atoms with van der Waals surface area (Å²) in [5.74, 6) is 0.693. The van der Waals surface area contributed by atoms with Crippen molar-refractivity contribution in [1.82, 2.24) is 9.80 Å². The van der Waals surface area contributed by atoms with Gasteiger partial charge in [-0.2, -0.15) is 0 Å². The van der Waals surface area contributed by atoms with E-state index in [1.54, 1.807) is 21.9 Å². The van der Waals surface area contributed by atoms with Crippen molar-refractivity contribution in [1.29, 1.82) is 0 Å². The molecule has 160 valence electrons. The van der Waals surface area contributed by atoms with Gasteiger partial charge in [0.1, 0.15) is 18.0 Å². The molecule has 3 rings (SSSR count). The topological polar surface area (TPSA) is 59.1 Å². The summed E-state index contributed by atoms with van der Waals surface area (Å²) in [5.41, 5.74) is 1.19. The molecule has 0 bridgehead atoms. The molecule has 2 amide bonds. The molecule has 0 unspecified atom stereocenters. The zero-order valence-electron chi connectivity index (χ0n) is 18.0. The van der Waals surface area contributed by atoms with Gasteiger partial charge in [0, 0.05) is 31.7 Å². The van der Waals surface area contributed by atoms with Gasteiger partial charge in [0.15, 0.2) is 0 Å². The van der Waals surface area contributed by atoms with Gasteiger partial charge in [-0.15, -0.1) is 0 Å². The van der Waals surface area contributed by atoms with Crippen molar-refractivity contribution < 1.29 is 19.1 Å². The first-order valence-electron chi connectivity index (χ1n) is 10.4. The Hall–Kier alpha value is -3.02. The molecule has 30 heavy (non-hydrogen) atoms. The van der Waals surface area contributed by atoms with Crippen LogP contribution < -0.4 is 4.74 Å². The highest BCUT2D eigenvalue weighted by Gasteiger charge is 2.26. The molecule has 6 heteroatoms. The van der Waals surface area contributed by atoms with Crippen molar-refractivity contribution >= 4 is 12.0 Å². The van der Waals surface area contributed by atoms with Crippen LogP contribution in [0.3, 0.4) is 0 Å². The molecular formula is C24H30N2O4. The van der Waals surface area contributed by atoms with Gasteiger partial charge in [-0.25, -0.2) is 4.79 Å². The lowest BCUT2D eigenvalue weighted by Gasteiger charge is -2.26. The Morgan fingerprint density at radius 1 is 0.867 bits per heavy atom. The van der Waals surface area contributed by atoms with Gasteiger partial charge in [-0.05, 0) is 57.0 Å². The van der Waals surface area contributed by atoms with Crippen LogP contribution in [0.2, 0.25) is 0 Å². The Balaban J connectivity index is 1.54. The third-order valence-electron chi connectivity index (χ3n) is 4.78. The molecule has 1 saturated heterocycles. The summed E-state index contributed by atoms with van der Waals surface area (Å²) in [5, 5.41) is 0. The van der Waals surface area contributed by atoms with Crippen molar-refractivity contribution in [2.75, 3.05) is 26.2 Å². The summed E-state index contributed by atoms with van der Waals surface area (Å²) in [7, 11) is 0. The first kappa shape index (κ1) is 21.7. The summed E-state index contributed by atoms with van der Waals surface area (Å²) in [6.45, 7) is 8.21. The Bertz CT molecular complexity index is 844. The van der Waals surface area contributed by atoms with Crippen LogP contribution in [-0.2, 0) is 11.3 Å². The maximum Gasteiger partial charge on any atom is 0.410 e. The van der Waals surface area contributed by atoms with Gasteiger partial charge in [-0.3, -0.25) is 4.79 Å². The second kappa shape index (κ2) is 9.65. The fraction of sp³-hybridized carbons (Fsp3) is 0.417. The maximum absolute atomic E-state index is 12.9. The van der Waals surface area contributed by atoms with Crippen molar-refractivity contribution in [3.63, 3.8) is 0 Å². The smallest absolute Gasteiger partial charge is 0.410 e. The van der Waals surface area contributed by atoms with Crippen LogP contribution in [-0.4, -0.2) is 53.6 Å². The van der Waals surface area contributed by atoms with Crippen molar-refractivity contribution in [3.8, 4) is 5.75 Å². The molecule has 0 aromatic heterocycles. The lowest BCUT2D eigenvalue weighted by Crippen LogP contribution is -2.40. The summed E-state index contributed by atoms with van der Waals surface area (Å²) in [4.78, 5) is 28.7.